The molecular formula is C21H25N5OS. The maximum atomic E-state index is 12.8. The van der Waals surface area contributed by atoms with Crippen LogP contribution in [0.5, 0.6) is 0 Å². The van der Waals surface area contributed by atoms with Crippen LogP contribution in [0.1, 0.15) is 53.1 Å². The monoisotopic (exact) mass is 395 g/mol. The molecule has 1 aliphatic rings. The molecule has 1 N–H and O–H groups in total. The van der Waals surface area contributed by atoms with Crippen molar-refractivity contribution >= 4 is 17.4 Å². The molecule has 0 saturated carbocycles. The number of carbonyl (C=O) groups is 1. The molecule has 2 amide bonds. The van der Waals surface area contributed by atoms with Gasteiger partial charge in [0.05, 0.1) is 12.6 Å². The number of carbonyl (C=O) groups excluding carboxylic acids is 1. The van der Waals surface area contributed by atoms with Crippen molar-refractivity contribution in [1.29, 1.82) is 0 Å². The summed E-state index contributed by atoms with van der Waals surface area (Å²) in [6.45, 7) is 9.26. The summed E-state index contributed by atoms with van der Waals surface area (Å²) < 4.78 is 2.13. The van der Waals surface area contributed by atoms with Crippen LogP contribution in [0.2, 0.25) is 0 Å². The lowest BCUT2D eigenvalue weighted by molar-refractivity contribution is 0.174. The molecule has 1 aliphatic heterocycles. The molecular weight excluding hydrogens is 370 g/mol. The van der Waals surface area contributed by atoms with Crippen LogP contribution in [-0.2, 0) is 13.0 Å². The molecule has 3 heterocycles. The van der Waals surface area contributed by atoms with Gasteiger partial charge >= 0.3 is 6.03 Å². The number of rotatable bonds is 3. The van der Waals surface area contributed by atoms with Crippen molar-refractivity contribution in [3.63, 3.8) is 0 Å². The summed E-state index contributed by atoms with van der Waals surface area (Å²) in [7, 11) is 0. The summed E-state index contributed by atoms with van der Waals surface area (Å²) in [4.78, 5) is 16.0. The van der Waals surface area contributed by atoms with E-state index in [2.05, 4.69) is 51.3 Å². The molecule has 0 unspecified atom stereocenters. The second-order valence-corrected chi connectivity index (χ2v) is 8.37. The second kappa shape index (κ2) is 7.39. The molecule has 3 aromatic rings. The molecule has 1 aromatic carbocycles. The van der Waals surface area contributed by atoms with Gasteiger partial charge in [-0.3, -0.25) is 4.57 Å². The van der Waals surface area contributed by atoms with E-state index >= 15 is 0 Å². The number of nitrogens with one attached hydrogen (secondary N) is 1. The molecule has 7 heteroatoms. The highest BCUT2D eigenvalue weighted by atomic mass is 32.1. The number of urea groups is 1. The average molecular weight is 396 g/mol. The average Bonchev–Trinajstić information content (AvgIpc) is 3.16. The van der Waals surface area contributed by atoms with Crippen LogP contribution < -0.4 is 5.32 Å². The van der Waals surface area contributed by atoms with Gasteiger partial charge in [-0.25, -0.2) is 4.79 Å². The first-order valence-electron chi connectivity index (χ1n) is 9.63. The highest BCUT2D eigenvalue weighted by Gasteiger charge is 2.34. The molecule has 146 valence electrons. The molecule has 0 bridgehead atoms. The van der Waals surface area contributed by atoms with Crippen LogP contribution in [0.25, 0.3) is 5.00 Å². The van der Waals surface area contributed by atoms with E-state index in [0.29, 0.717) is 13.1 Å². The van der Waals surface area contributed by atoms with Crippen molar-refractivity contribution in [3.8, 4) is 5.00 Å². The Bertz CT molecular complexity index is 1010. The van der Waals surface area contributed by atoms with Gasteiger partial charge in [-0.1, -0.05) is 30.3 Å². The van der Waals surface area contributed by atoms with Crippen LogP contribution in [0.4, 0.5) is 4.79 Å². The van der Waals surface area contributed by atoms with Gasteiger partial charge in [-0.2, -0.15) is 0 Å². The van der Waals surface area contributed by atoms with Crippen LogP contribution in [0.3, 0.4) is 0 Å². The minimum atomic E-state index is -0.155. The first-order chi connectivity index (χ1) is 13.5. The van der Waals surface area contributed by atoms with Crippen molar-refractivity contribution in [2.75, 3.05) is 6.54 Å². The zero-order valence-electron chi connectivity index (χ0n) is 16.7. The summed E-state index contributed by atoms with van der Waals surface area (Å²) in [5.74, 6) is 1.67. The third kappa shape index (κ3) is 3.09. The van der Waals surface area contributed by atoms with Gasteiger partial charge in [0.25, 0.3) is 0 Å². The van der Waals surface area contributed by atoms with Gasteiger partial charge in [0.1, 0.15) is 10.8 Å². The van der Waals surface area contributed by atoms with Crippen LogP contribution in [-0.4, -0.2) is 32.2 Å². The Morgan fingerprint density at radius 3 is 2.71 bits per heavy atom. The fraction of sp³-hybridized carbons (Fsp3) is 0.381. The molecule has 0 aliphatic carbocycles. The standard InChI is InChI=1S/C21H25N5OS/c1-5-22-21(27)25-12-18-17(11-16-9-7-6-8-10-16)14(3)28-20(18)26-15(4)23-24-19(26)13(25)2/h6-10,13H,5,11-12H2,1-4H3,(H,22,27)/t13-/m0/s1. The topological polar surface area (TPSA) is 63.1 Å². The van der Waals surface area contributed by atoms with Gasteiger partial charge in [0, 0.05) is 17.0 Å². The van der Waals surface area contributed by atoms with Crippen molar-refractivity contribution < 1.29 is 4.79 Å². The number of fused-ring (bicyclic) bond motifs is 3. The Morgan fingerprint density at radius 1 is 1.25 bits per heavy atom. The Hall–Kier alpha value is -2.67. The minimum absolute atomic E-state index is 0.0652. The Labute approximate surface area is 169 Å². The van der Waals surface area contributed by atoms with Crippen LogP contribution >= 0.6 is 11.3 Å². The molecule has 6 nitrogen and oxygen atoms in total. The number of thiophene rings is 1. The van der Waals surface area contributed by atoms with Gasteiger partial charge < -0.3 is 10.2 Å². The summed E-state index contributed by atoms with van der Waals surface area (Å²) in [6.07, 6.45) is 0.854. The predicted molar refractivity (Wildman–Crippen MR) is 111 cm³/mol. The van der Waals surface area contributed by atoms with E-state index < -0.39 is 0 Å². The SMILES string of the molecule is CCNC(=O)N1Cc2c(sc(C)c2Cc2ccccc2)-n2c(C)nnc2[C@@H]1C. The number of hydrogen-bond acceptors (Lipinski definition) is 4. The fourth-order valence-electron chi connectivity index (χ4n) is 3.83. The van der Waals surface area contributed by atoms with Crippen LogP contribution in [0.15, 0.2) is 30.3 Å². The number of benzene rings is 1. The second-order valence-electron chi connectivity index (χ2n) is 7.16. The summed E-state index contributed by atoms with van der Waals surface area (Å²) in [6, 6.07) is 10.3. The molecule has 28 heavy (non-hydrogen) atoms. The van der Waals surface area contributed by atoms with Crippen molar-refractivity contribution in [2.24, 2.45) is 0 Å². The van der Waals surface area contributed by atoms with Crippen molar-refractivity contribution in [3.05, 3.63) is 63.5 Å². The first-order valence-corrected chi connectivity index (χ1v) is 10.4. The lowest BCUT2D eigenvalue weighted by atomic mass is 10.0. The Morgan fingerprint density at radius 2 is 2.00 bits per heavy atom. The van der Waals surface area contributed by atoms with E-state index in [-0.39, 0.29) is 12.1 Å². The third-order valence-corrected chi connectivity index (χ3v) is 6.51. The Balaban J connectivity index is 1.86. The van der Waals surface area contributed by atoms with Crippen LogP contribution in [0, 0.1) is 13.8 Å². The van der Waals surface area contributed by atoms with Crippen molar-refractivity contribution in [1.82, 2.24) is 25.0 Å². The fourth-order valence-corrected chi connectivity index (χ4v) is 5.07. The summed E-state index contributed by atoms with van der Waals surface area (Å²) in [5, 5.41) is 12.8. The summed E-state index contributed by atoms with van der Waals surface area (Å²) >= 11 is 1.76. The smallest absolute Gasteiger partial charge is 0.318 e. The highest BCUT2D eigenvalue weighted by molar-refractivity contribution is 7.14. The van der Waals surface area contributed by atoms with Gasteiger partial charge in [0.2, 0.25) is 0 Å². The molecule has 0 radical (unpaired) electrons. The van der Waals surface area contributed by atoms with E-state index in [4.69, 9.17) is 0 Å². The third-order valence-electron chi connectivity index (χ3n) is 5.33. The van der Waals surface area contributed by atoms with Crippen molar-refractivity contribution in [2.45, 2.75) is 46.7 Å². The number of aromatic nitrogens is 3. The number of nitrogens with zero attached hydrogens (tertiary/aromatic N) is 4. The largest absolute Gasteiger partial charge is 0.338 e. The number of amides is 2. The normalized spacial score (nSPS) is 15.7. The van der Waals surface area contributed by atoms with Gasteiger partial charge in [-0.15, -0.1) is 21.5 Å². The number of aryl methyl sites for hydroxylation is 2. The zero-order valence-corrected chi connectivity index (χ0v) is 17.5. The lowest BCUT2D eigenvalue weighted by Crippen LogP contribution is -2.40. The molecule has 0 spiro atoms. The van der Waals surface area contributed by atoms with E-state index in [1.165, 1.54) is 21.6 Å². The van der Waals surface area contributed by atoms with E-state index in [9.17, 15) is 4.79 Å². The Kier molecular flexibility index (Phi) is 4.93. The van der Waals surface area contributed by atoms with E-state index in [1.54, 1.807) is 11.3 Å². The molecule has 2 aromatic heterocycles. The quantitative estimate of drug-likeness (QED) is 0.725. The van der Waals surface area contributed by atoms with E-state index in [1.807, 2.05) is 31.7 Å². The number of hydrogen-bond donors (Lipinski definition) is 1. The molecule has 4 rings (SSSR count). The molecule has 0 saturated heterocycles. The minimum Gasteiger partial charge on any atom is -0.338 e. The highest BCUT2D eigenvalue weighted by Crippen LogP contribution is 2.40. The maximum absolute atomic E-state index is 12.8. The lowest BCUT2D eigenvalue weighted by Gasteiger charge is -2.26. The molecule has 0 fully saturated rings. The van der Waals surface area contributed by atoms with Gasteiger partial charge in [-0.05, 0) is 45.2 Å². The summed E-state index contributed by atoms with van der Waals surface area (Å²) in [5.41, 5.74) is 3.77. The zero-order chi connectivity index (χ0) is 19.8. The maximum Gasteiger partial charge on any atom is 0.318 e. The molecule has 1 atom stereocenters. The first kappa shape index (κ1) is 18.7. The van der Waals surface area contributed by atoms with Gasteiger partial charge in [0.15, 0.2) is 5.82 Å². The predicted octanol–water partition coefficient (Wildman–Crippen LogP) is 4.14. The van der Waals surface area contributed by atoms with E-state index in [0.717, 1.165) is 23.1 Å².